The topological polar surface area (TPSA) is 103 Å². The Kier molecular flexibility index (Phi) is 15.7. The van der Waals surface area contributed by atoms with E-state index in [9.17, 15) is 14.4 Å². The molecule has 3 fully saturated rings. The summed E-state index contributed by atoms with van der Waals surface area (Å²) in [6.07, 6.45) is 4.97. The molecule has 278 valence electrons. The number of nitrogens with one attached hydrogen (secondary N) is 2. The van der Waals surface area contributed by atoms with Crippen molar-refractivity contribution in [2.45, 2.75) is 183 Å². The maximum Gasteiger partial charge on any atom is 0.320 e. The van der Waals surface area contributed by atoms with E-state index in [1.54, 1.807) is 0 Å². The van der Waals surface area contributed by atoms with Crippen LogP contribution in [0.3, 0.4) is 0 Å². The lowest BCUT2D eigenvalue weighted by Crippen LogP contribution is -2.53. The van der Waals surface area contributed by atoms with E-state index in [4.69, 9.17) is 14.2 Å². The van der Waals surface area contributed by atoms with E-state index >= 15 is 0 Å². The normalized spacial score (nSPS) is 32.2. The average Bonchev–Trinajstić information content (AvgIpc) is 3.00. The fourth-order valence-corrected chi connectivity index (χ4v) is 8.07. The monoisotopic (exact) mass is 677 g/mol. The van der Waals surface area contributed by atoms with Crippen molar-refractivity contribution < 1.29 is 28.6 Å². The zero-order chi connectivity index (χ0) is 35.9. The Bertz CT molecular complexity index is 925. The Morgan fingerprint density at radius 3 is 1.15 bits per heavy atom. The molecule has 7 unspecified atom stereocenters. The molecule has 8 nitrogen and oxygen atoms in total. The smallest absolute Gasteiger partial charge is 0.320 e. The Balaban J connectivity index is 1.75. The summed E-state index contributed by atoms with van der Waals surface area (Å²) in [6, 6.07) is 0.996. The number of piperidine rings is 2. The number of rotatable bonds is 14. The summed E-state index contributed by atoms with van der Waals surface area (Å²) in [5.41, 5.74) is 0. The molecule has 1 saturated carbocycles. The van der Waals surface area contributed by atoms with Crippen LogP contribution in [0.1, 0.15) is 141 Å². The van der Waals surface area contributed by atoms with Crippen LogP contribution in [0.2, 0.25) is 0 Å². The molecule has 3 aliphatic rings. The third-order valence-electron chi connectivity index (χ3n) is 11.8. The highest BCUT2D eigenvalue weighted by atomic mass is 16.6. The van der Waals surface area contributed by atoms with E-state index in [0.29, 0.717) is 60.2 Å². The van der Waals surface area contributed by atoms with Crippen LogP contribution in [0.4, 0.5) is 0 Å². The van der Waals surface area contributed by atoms with Gasteiger partial charge in [-0.25, -0.2) is 0 Å². The Morgan fingerprint density at radius 1 is 0.479 bits per heavy atom. The van der Waals surface area contributed by atoms with Crippen LogP contribution in [-0.4, -0.2) is 60.4 Å². The Morgan fingerprint density at radius 2 is 0.812 bits per heavy atom. The van der Waals surface area contributed by atoms with E-state index in [1.165, 1.54) is 0 Å². The Hall–Kier alpha value is -1.67. The second kappa shape index (κ2) is 18.5. The van der Waals surface area contributed by atoms with Gasteiger partial charge in [-0.2, -0.15) is 0 Å². The van der Waals surface area contributed by atoms with Gasteiger partial charge in [-0.1, -0.05) is 83.1 Å². The summed E-state index contributed by atoms with van der Waals surface area (Å²) in [5, 5.41) is 7.47. The highest BCUT2D eigenvalue weighted by molar-refractivity contribution is 5.95. The summed E-state index contributed by atoms with van der Waals surface area (Å²) >= 11 is 0. The molecule has 0 bridgehead atoms. The highest BCUT2D eigenvalue weighted by Crippen LogP contribution is 2.39. The fourth-order valence-electron chi connectivity index (χ4n) is 8.07. The Labute approximate surface area is 293 Å². The summed E-state index contributed by atoms with van der Waals surface area (Å²) in [4.78, 5) is 41.2. The van der Waals surface area contributed by atoms with Crippen LogP contribution in [0.5, 0.6) is 0 Å². The molecule has 2 aliphatic heterocycles. The number of carbonyl (C=O) groups excluding carboxylic acids is 3. The largest absolute Gasteiger partial charge is 0.462 e. The third kappa shape index (κ3) is 12.0. The summed E-state index contributed by atoms with van der Waals surface area (Å²) in [5.74, 6) is 0.901. The fraction of sp³-hybridized carbons (Fsp3) is 0.925. The molecule has 0 spiro atoms. The van der Waals surface area contributed by atoms with Crippen molar-refractivity contribution in [1.82, 2.24) is 10.6 Å². The standard InChI is InChI=1S/C40H72N2O6/c1-22(2)28-15-29(23(3)4)17-30(16-28)47-39(44)33(40(45)48-32-20-36(26(9)10)42-37(21-32)27(11)12)13-14-38(43)46-31-18-34(24(5)6)41-35(19-31)25(7)8/h22-37,41-42H,13-21H2,1-12H3. The van der Waals surface area contributed by atoms with Gasteiger partial charge in [0.1, 0.15) is 18.3 Å². The molecule has 0 aromatic rings. The van der Waals surface area contributed by atoms with Crippen molar-refractivity contribution >= 4 is 17.9 Å². The third-order valence-corrected chi connectivity index (χ3v) is 11.8. The molecular weight excluding hydrogens is 604 g/mol. The van der Waals surface area contributed by atoms with Crippen LogP contribution in [-0.2, 0) is 28.6 Å². The molecule has 7 atom stereocenters. The van der Waals surface area contributed by atoms with Gasteiger partial charge in [0.25, 0.3) is 0 Å². The minimum absolute atomic E-state index is 0.0269. The van der Waals surface area contributed by atoms with Crippen molar-refractivity contribution in [3.05, 3.63) is 0 Å². The van der Waals surface area contributed by atoms with Crippen LogP contribution in [0, 0.1) is 53.3 Å². The molecule has 2 N–H and O–H groups in total. The molecule has 0 radical (unpaired) electrons. The number of ether oxygens (including phenoxy) is 3. The average molecular weight is 677 g/mol. The predicted molar refractivity (Wildman–Crippen MR) is 192 cm³/mol. The lowest BCUT2D eigenvalue weighted by Gasteiger charge is -2.40. The minimum Gasteiger partial charge on any atom is -0.462 e. The molecule has 3 rings (SSSR count). The van der Waals surface area contributed by atoms with Gasteiger partial charge in [0.05, 0.1) is 0 Å². The van der Waals surface area contributed by atoms with Gasteiger partial charge in [0.15, 0.2) is 5.92 Å². The lowest BCUT2D eigenvalue weighted by atomic mass is 9.71. The van der Waals surface area contributed by atoms with Crippen molar-refractivity contribution in [2.24, 2.45) is 53.3 Å². The maximum absolute atomic E-state index is 13.9. The van der Waals surface area contributed by atoms with Gasteiger partial charge in [-0.3, -0.25) is 14.4 Å². The molecule has 0 aromatic heterocycles. The van der Waals surface area contributed by atoms with Crippen LogP contribution in [0.25, 0.3) is 0 Å². The predicted octanol–water partition coefficient (Wildman–Crippen LogP) is 7.71. The van der Waals surface area contributed by atoms with E-state index in [-0.39, 0.29) is 61.3 Å². The van der Waals surface area contributed by atoms with Crippen molar-refractivity contribution in [2.75, 3.05) is 0 Å². The van der Waals surface area contributed by atoms with Crippen LogP contribution >= 0.6 is 0 Å². The van der Waals surface area contributed by atoms with Gasteiger partial charge < -0.3 is 24.8 Å². The second-order valence-electron chi connectivity index (χ2n) is 17.7. The first-order valence-corrected chi connectivity index (χ1v) is 19.6. The minimum atomic E-state index is -1.15. The van der Waals surface area contributed by atoms with Gasteiger partial charge in [0, 0.05) is 56.3 Å². The molecule has 0 aromatic carbocycles. The molecule has 8 heteroatoms. The van der Waals surface area contributed by atoms with Gasteiger partial charge in [-0.05, 0) is 73.0 Å². The molecule has 48 heavy (non-hydrogen) atoms. The van der Waals surface area contributed by atoms with Crippen molar-refractivity contribution in [1.29, 1.82) is 0 Å². The number of hydrogen-bond donors (Lipinski definition) is 2. The first-order chi connectivity index (χ1) is 22.4. The van der Waals surface area contributed by atoms with Gasteiger partial charge >= 0.3 is 17.9 Å². The molecular formula is C40H72N2O6. The zero-order valence-corrected chi connectivity index (χ0v) is 32.6. The first kappa shape index (κ1) is 40.8. The van der Waals surface area contributed by atoms with Crippen molar-refractivity contribution in [3.8, 4) is 0 Å². The second-order valence-corrected chi connectivity index (χ2v) is 17.7. The quantitative estimate of drug-likeness (QED) is 0.110. The zero-order valence-electron chi connectivity index (χ0n) is 32.6. The molecule has 1 aliphatic carbocycles. The lowest BCUT2D eigenvalue weighted by molar-refractivity contribution is -0.172. The molecule has 2 heterocycles. The highest BCUT2D eigenvalue weighted by Gasteiger charge is 2.40. The summed E-state index contributed by atoms with van der Waals surface area (Å²) < 4.78 is 18.4. The maximum atomic E-state index is 13.9. The van der Waals surface area contributed by atoms with E-state index in [2.05, 4.69) is 93.7 Å². The van der Waals surface area contributed by atoms with E-state index < -0.39 is 17.9 Å². The number of esters is 3. The molecule has 2 saturated heterocycles. The molecule has 0 amide bonds. The summed E-state index contributed by atoms with van der Waals surface area (Å²) in [6.45, 7) is 26.4. The van der Waals surface area contributed by atoms with Crippen LogP contribution in [0.15, 0.2) is 0 Å². The van der Waals surface area contributed by atoms with Gasteiger partial charge in [-0.15, -0.1) is 0 Å². The number of carbonyl (C=O) groups is 3. The van der Waals surface area contributed by atoms with Crippen LogP contribution < -0.4 is 10.6 Å². The first-order valence-electron chi connectivity index (χ1n) is 19.6. The van der Waals surface area contributed by atoms with Crippen molar-refractivity contribution in [3.63, 3.8) is 0 Å². The summed E-state index contributed by atoms with van der Waals surface area (Å²) in [7, 11) is 0. The van der Waals surface area contributed by atoms with E-state index in [1.807, 2.05) is 0 Å². The SMILES string of the molecule is CC(C)C1CC(OC(=O)C(CCC(=O)OC2CC(C(C)C)NC(C(C)C)C2)C(=O)OC2CC(C(C)C)NC(C(C)C)C2)CC(C(C)C)C1. The van der Waals surface area contributed by atoms with Gasteiger partial charge in [0.2, 0.25) is 0 Å². The van der Waals surface area contributed by atoms with E-state index in [0.717, 1.165) is 32.1 Å². The number of hydrogen-bond acceptors (Lipinski definition) is 8.